The van der Waals surface area contributed by atoms with Crippen molar-refractivity contribution in [3.05, 3.63) is 62.7 Å². The molecule has 5 nitrogen and oxygen atoms in total. The Morgan fingerprint density at radius 2 is 1.88 bits per heavy atom. The average Bonchev–Trinajstić information content (AvgIpc) is 3.10. The van der Waals surface area contributed by atoms with Crippen LogP contribution in [0.25, 0.3) is 10.8 Å². The van der Waals surface area contributed by atoms with Gasteiger partial charge in [-0.05, 0) is 29.9 Å². The highest BCUT2D eigenvalue weighted by atomic mass is 32.1. The minimum absolute atomic E-state index is 0.0948. The average molecular weight is 369 g/mol. The number of benzene rings is 1. The number of aryl methyl sites for hydroxylation is 1. The second-order valence-electron chi connectivity index (χ2n) is 7.48. The lowest BCUT2D eigenvalue weighted by Crippen LogP contribution is -2.40. The molecule has 0 radical (unpaired) electrons. The fourth-order valence-corrected chi connectivity index (χ4v) is 4.04. The zero-order valence-corrected chi connectivity index (χ0v) is 16.3. The molecule has 3 rings (SSSR count). The Morgan fingerprint density at radius 1 is 1.19 bits per heavy atom. The molecule has 0 aliphatic heterocycles. The van der Waals surface area contributed by atoms with Crippen LogP contribution in [0.15, 0.2) is 46.6 Å². The van der Waals surface area contributed by atoms with Gasteiger partial charge in [0, 0.05) is 10.3 Å². The van der Waals surface area contributed by atoms with Crippen LogP contribution in [0.1, 0.15) is 37.4 Å². The Morgan fingerprint density at radius 3 is 2.50 bits per heavy atom. The number of carbonyl (C=O) groups is 1. The number of nitrogens with one attached hydrogen (secondary N) is 1. The number of thiophene rings is 1. The van der Waals surface area contributed by atoms with Gasteiger partial charge in [0.25, 0.3) is 5.56 Å². The van der Waals surface area contributed by atoms with Crippen LogP contribution in [0.2, 0.25) is 0 Å². The monoisotopic (exact) mass is 369 g/mol. The van der Waals surface area contributed by atoms with E-state index in [4.69, 9.17) is 0 Å². The SMILES string of the molecule is Cc1nn(CC(=O)NC(c2cccs2)C(C)(C)C)c(=O)c2ccccc12. The molecule has 1 N–H and O–H groups in total. The van der Waals surface area contributed by atoms with Gasteiger partial charge in [0.1, 0.15) is 6.54 Å². The van der Waals surface area contributed by atoms with E-state index in [0.29, 0.717) is 5.39 Å². The van der Waals surface area contributed by atoms with Crippen molar-refractivity contribution in [3.63, 3.8) is 0 Å². The standard InChI is InChI=1S/C20H23N3O2S/c1-13-14-8-5-6-9-15(14)19(25)23(22-13)12-17(24)21-18(20(2,3)4)16-10-7-11-26-16/h5-11,18H,12H2,1-4H3,(H,21,24). The predicted molar refractivity (Wildman–Crippen MR) is 105 cm³/mol. The summed E-state index contributed by atoms with van der Waals surface area (Å²) in [5.41, 5.74) is 0.349. The van der Waals surface area contributed by atoms with Gasteiger partial charge in [-0.1, -0.05) is 45.0 Å². The molecule has 0 aliphatic carbocycles. The quantitative estimate of drug-likeness (QED) is 0.763. The van der Waals surface area contributed by atoms with Crippen molar-refractivity contribution in [2.75, 3.05) is 0 Å². The Bertz CT molecular complexity index is 984. The molecular formula is C20H23N3O2S. The Labute approximate surface area is 156 Å². The molecule has 3 aromatic rings. The summed E-state index contributed by atoms with van der Waals surface area (Å²) in [5, 5.41) is 10.8. The number of amides is 1. The molecule has 26 heavy (non-hydrogen) atoms. The van der Waals surface area contributed by atoms with Gasteiger partial charge in [-0.25, -0.2) is 4.68 Å². The molecule has 0 saturated carbocycles. The number of hydrogen-bond acceptors (Lipinski definition) is 4. The molecule has 0 spiro atoms. The highest BCUT2D eigenvalue weighted by molar-refractivity contribution is 7.10. The Balaban J connectivity index is 1.87. The third kappa shape index (κ3) is 3.70. The first-order valence-corrected chi connectivity index (χ1v) is 9.44. The van der Waals surface area contributed by atoms with E-state index in [1.807, 2.05) is 42.6 Å². The van der Waals surface area contributed by atoms with Crippen LogP contribution in [-0.4, -0.2) is 15.7 Å². The highest BCUT2D eigenvalue weighted by Gasteiger charge is 2.28. The maximum Gasteiger partial charge on any atom is 0.275 e. The number of fused-ring (bicyclic) bond motifs is 1. The molecule has 2 aromatic heterocycles. The number of rotatable bonds is 4. The first kappa shape index (κ1) is 18.3. The molecule has 1 unspecified atom stereocenters. The normalized spacial score (nSPS) is 12.9. The van der Waals surface area contributed by atoms with Crippen molar-refractivity contribution >= 4 is 28.0 Å². The first-order valence-electron chi connectivity index (χ1n) is 8.56. The lowest BCUT2D eigenvalue weighted by Gasteiger charge is -2.30. The second-order valence-corrected chi connectivity index (χ2v) is 8.46. The third-order valence-corrected chi connectivity index (χ3v) is 5.28. The third-order valence-electron chi connectivity index (χ3n) is 4.34. The van der Waals surface area contributed by atoms with E-state index in [1.165, 1.54) is 4.68 Å². The van der Waals surface area contributed by atoms with Crippen LogP contribution in [0.4, 0.5) is 0 Å². The van der Waals surface area contributed by atoms with Crippen LogP contribution in [0.5, 0.6) is 0 Å². The van der Waals surface area contributed by atoms with Crippen molar-refractivity contribution < 1.29 is 4.79 Å². The van der Waals surface area contributed by atoms with Crippen molar-refractivity contribution in [1.29, 1.82) is 0 Å². The molecule has 0 aliphatic rings. The number of aromatic nitrogens is 2. The molecule has 6 heteroatoms. The molecule has 0 fully saturated rings. The van der Waals surface area contributed by atoms with Crippen LogP contribution >= 0.6 is 11.3 Å². The molecule has 0 bridgehead atoms. The maximum absolute atomic E-state index is 12.7. The zero-order valence-electron chi connectivity index (χ0n) is 15.4. The lowest BCUT2D eigenvalue weighted by molar-refractivity contribution is -0.123. The molecule has 136 valence electrons. The van der Waals surface area contributed by atoms with Gasteiger partial charge in [0.05, 0.1) is 17.1 Å². The fraction of sp³-hybridized carbons (Fsp3) is 0.350. The van der Waals surface area contributed by atoms with Gasteiger partial charge >= 0.3 is 0 Å². The van der Waals surface area contributed by atoms with E-state index in [-0.39, 0.29) is 29.5 Å². The Kier molecular flexibility index (Phi) is 4.96. The summed E-state index contributed by atoms with van der Waals surface area (Å²) in [6, 6.07) is 11.2. The molecule has 1 aromatic carbocycles. The number of carbonyl (C=O) groups excluding carboxylic acids is 1. The summed E-state index contributed by atoms with van der Waals surface area (Å²) in [6.07, 6.45) is 0. The van der Waals surface area contributed by atoms with Gasteiger partial charge in [0.15, 0.2) is 0 Å². The predicted octanol–water partition coefficient (Wildman–Crippen LogP) is 3.67. The van der Waals surface area contributed by atoms with Gasteiger partial charge in [0.2, 0.25) is 5.91 Å². The summed E-state index contributed by atoms with van der Waals surface area (Å²) < 4.78 is 1.25. The summed E-state index contributed by atoms with van der Waals surface area (Å²) >= 11 is 1.61. The van der Waals surface area contributed by atoms with E-state index in [0.717, 1.165) is 16.0 Å². The summed E-state index contributed by atoms with van der Waals surface area (Å²) in [5.74, 6) is -0.220. The molecular weight excluding hydrogens is 346 g/mol. The summed E-state index contributed by atoms with van der Waals surface area (Å²) in [7, 11) is 0. The summed E-state index contributed by atoms with van der Waals surface area (Å²) in [4.78, 5) is 26.4. The van der Waals surface area contributed by atoms with Crippen LogP contribution in [0, 0.1) is 12.3 Å². The van der Waals surface area contributed by atoms with Crippen molar-refractivity contribution in [3.8, 4) is 0 Å². The molecule has 1 amide bonds. The minimum atomic E-state index is -0.246. The van der Waals surface area contributed by atoms with Crippen LogP contribution in [-0.2, 0) is 11.3 Å². The van der Waals surface area contributed by atoms with Gasteiger partial charge < -0.3 is 5.32 Å². The van der Waals surface area contributed by atoms with Crippen molar-refractivity contribution in [1.82, 2.24) is 15.1 Å². The topological polar surface area (TPSA) is 64.0 Å². The second kappa shape index (κ2) is 7.03. The lowest BCUT2D eigenvalue weighted by atomic mass is 9.85. The van der Waals surface area contributed by atoms with Gasteiger partial charge in [-0.15, -0.1) is 11.3 Å². The van der Waals surface area contributed by atoms with Gasteiger partial charge in [-0.3, -0.25) is 9.59 Å². The molecule has 0 saturated heterocycles. The number of hydrogen-bond donors (Lipinski definition) is 1. The first-order chi connectivity index (χ1) is 12.3. The van der Waals surface area contributed by atoms with E-state index in [9.17, 15) is 9.59 Å². The summed E-state index contributed by atoms with van der Waals surface area (Å²) in [6.45, 7) is 8.01. The largest absolute Gasteiger partial charge is 0.346 e. The number of nitrogens with zero attached hydrogens (tertiary/aromatic N) is 2. The van der Waals surface area contributed by atoms with Gasteiger partial charge in [-0.2, -0.15) is 5.10 Å². The van der Waals surface area contributed by atoms with Crippen LogP contribution in [0.3, 0.4) is 0 Å². The smallest absolute Gasteiger partial charge is 0.275 e. The molecule has 2 heterocycles. The zero-order chi connectivity index (χ0) is 18.9. The van der Waals surface area contributed by atoms with E-state index in [1.54, 1.807) is 17.4 Å². The highest BCUT2D eigenvalue weighted by Crippen LogP contribution is 2.35. The Hall–Kier alpha value is -2.47. The van der Waals surface area contributed by atoms with Crippen LogP contribution < -0.4 is 10.9 Å². The maximum atomic E-state index is 12.7. The van der Waals surface area contributed by atoms with E-state index >= 15 is 0 Å². The van der Waals surface area contributed by atoms with Crippen molar-refractivity contribution in [2.24, 2.45) is 5.41 Å². The van der Waals surface area contributed by atoms with Crippen molar-refractivity contribution in [2.45, 2.75) is 40.3 Å². The molecule has 1 atom stereocenters. The van der Waals surface area contributed by atoms with E-state index in [2.05, 4.69) is 31.2 Å². The fourth-order valence-electron chi connectivity index (χ4n) is 3.02. The van der Waals surface area contributed by atoms with E-state index < -0.39 is 0 Å². The minimum Gasteiger partial charge on any atom is -0.346 e.